The molecular formula is C16H18N2O2. The summed E-state index contributed by atoms with van der Waals surface area (Å²) < 4.78 is 0. The minimum Gasteiger partial charge on any atom is -0.478 e. The fraction of sp³-hybridized carbons (Fsp3) is 0.250. The number of benzene rings is 1. The van der Waals surface area contributed by atoms with Gasteiger partial charge >= 0.3 is 5.97 Å². The van der Waals surface area contributed by atoms with Crippen molar-refractivity contribution in [2.45, 2.75) is 26.2 Å². The van der Waals surface area contributed by atoms with Gasteiger partial charge in [-0.15, -0.1) is 0 Å². The SMILES string of the molecule is CC(C)(C)c1ccc(-c2cc(/C=C/C(=O)O)[nH]n2)cc1. The molecule has 0 fully saturated rings. The molecule has 0 aliphatic rings. The van der Waals surface area contributed by atoms with Crippen LogP contribution >= 0.6 is 0 Å². The minimum atomic E-state index is -0.976. The Morgan fingerprint density at radius 1 is 1.25 bits per heavy atom. The van der Waals surface area contributed by atoms with Crippen LogP contribution in [0.25, 0.3) is 17.3 Å². The third kappa shape index (κ3) is 3.35. The van der Waals surface area contributed by atoms with Crippen molar-refractivity contribution in [3.05, 3.63) is 47.7 Å². The number of aromatic nitrogens is 2. The smallest absolute Gasteiger partial charge is 0.328 e. The summed E-state index contributed by atoms with van der Waals surface area (Å²) >= 11 is 0. The summed E-state index contributed by atoms with van der Waals surface area (Å²) in [6.45, 7) is 6.52. The normalized spacial score (nSPS) is 11.9. The number of hydrogen-bond acceptors (Lipinski definition) is 2. The molecule has 0 saturated carbocycles. The van der Waals surface area contributed by atoms with Crippen LogP contribution in [0.15, 0.2) is 36.4 Å². The Kier molecular flexibility index (Phi) is 3.74. The van der Waals surface area contributed by atoms with E-state index in [1.807, 2.05) is 18.2 Å². The van der Waals surface area contributed by atoms with Crippen molar-refractivity contribution in [3.63, 3.8) is 0 Å². The molecule has 2 aromatic rings. The van der Waals surface area contributed by atoms with Gasteiger partial charge in [0.1, 0.15) is 0 Å². The van der Waals surface area contributed by atoms with E-state index in [4.69, 9.17) is 5.11 Å². The number of nitrogens with one attached hydrogen (secondary N) is 1. The lowest BCUT2D eigenvalue weighted by atomic mass is 9.86. The highest BCUT2D eigenvalue weighted by atomic mass is 16.4. The molecule has 0 amide bonds. The van der Waals surface area contributed by atoms with Crippen LogP contribution in [0.1, 0.15) is 32.0 Å². The van der Waals surface area contributed by atoms with Crippen LogP contribution in [0, 0.1) is 0 Å². The van der Waals surface area contributed by atoms with Gasteiger partial charge in [0.25, 0.3) is 0 Å². The number of carboxylic acid groups (broad SMARTS) is 1. The fourth-order valence-corrected chi connectivity index (χ4v) is 1.87. The molecule has 2 N–H and O–H groups in total. The summed E-state index contributed by atoms with van der Waals surface area (Å²) in [4.78, 5) is 10.5. The van der Waals surface area contributed by atoms with E-state index >= 15 is 0 Å². The van der Waals surface area contributed by atoms with Gasteiger partial charge in [-0.1, -0.05) is 45.0 Å². The first-order valence-corrected chi connectivity index (χ1v) is 6.43. The lowest BCUT2D eigenvalue weighted by Crippen LogP contribution is -2.10. The number of aromatic amines is 1. The van der Waals surface area contributed by atoms with Gasteiger partial charge in [-0.2, -0.15) is 5.10 Å². The maximum absolute atomic E-state index is 10.5. The highest BCUT2D eigenvalue weighted by Gasteiger charge is 2.13. The average Bonchev–Trinajstić information content (AvgIpc) is 2.84. The lowest BCUT2D eigenvalue weighted by Gasteiger charge is -2.18. The zero-order chi connectivity index (χ0) is 14.8. The molecule has 0 unspecified atom stereocenters. The first-order valence-electron chi connectivity index (χ1n) is 6.43. The lowest BCUT2D eigenvalue weighted by molar-refractivity contribution is -0.131. The molecule has 0 aliphatic carbocycles. The van der Waals surface area contributed by atoms with Crippen LogP contribution in [-0.2, 0) is 10.2 Å². The Balaban J connectivity index is 2.22. The van der Waals surface area contributed by atoms with Gasteiger partial charge in [-0.25, -0.2) is 4.79 Å². The van der Waals surface area contributed by atoms with Crippen LogP contribution in [-0.4, -0.2) is 21.3 Å². The van der Waals surface area contributed by atoms with Gasteiger partial charge < -0.3 is 5.11 Å². The number of aliphatic carboxylic acids is 1. The quantitative estimate of drug-likeness (QED) is 0.839. The molecule has 0 saturated heterocycles. The predicted molar refractivity (Wildman–Crippen MR) is 79.4 cm³/mol. The highest BCUT2D eigenvalue weighted by molar-refractivity contribution is 5.85. The summed E-state index contributed by atoms with van der Waals surface area (Å²) in [7, 11) is 0. The summed E-state index contributed by atoms with van der Waals surface area (Å²) in [5.74, 6) is -0.976. The van der Waals surface area contributed by atoms with E-state index in [1.165, 1.54) is 11.6 Å². The number of H-pyrrole nitrogens is 1. The van der Waals surface area contributed by atoms with Crippen LogP contribution < -0.4 is 0 Å². The van der Waals surface area contributed by atoms with E-state index in [0.29, 0.717) is 5.69 Å². The molecule has 4 nitrogen and oxygen atoms in total. The maximum Gasteiger partial charge on any atom is 0.328 e. The molecule has 2 rings (SSSR count). The molecular weight excluding hydrogens is 252 g/mol. The Morgan fingerprint density at radius 2 is 1.90 bits per heavy atom. The molecule has 0 bridgehead atoms. The predicted octanol–water partition coefficient (Wildman–Crippen LogP) is 3.47. The summed E-state index contributed by atoms with van der Waals surface area (Å²) in [5, 5.41) is 15.6. The van der Waals surface area contributed by atoms with Gasteiger partial charge in [0, 0.05) is 11.6 Å². The Bertz CT molecular complexity index is 631. The number of nitrogens with zero attached hydrogens (tertiary/aromatic N) is 1. The highest BCUT2D eigenvalue weighted by Crippen LogP contribution is 2.25. The molecule has 0 atom stereocenters. The van der Waals surface area contributed by atoms with Crippen LogP contribution in [0.5, 0.6) is 0 Å². The number of rotatable bonds is 3. The third-order valence-electron chi connectivity index (χ3n) is 3.05. The average molecular weight is 270 g/mol. The van der Waals surface area contributed by atoms with Crippen LogP contribution in [0.4, 0.5) is 0 Å². The zero-order valence-electron chi connectivity index (χ0n) is 11.8. The van der Waals surface area contributed by atoms with Crippen LogP contribution in [0.2, 0.25) is 0 Å². The van der Waals surface area contributed by atoms with E-state index in [0.717, 1.165) is 17.3 Å². The Hall–Kier alpha value is -2.36. The molecule has 0 radical (unpaired) electrons. The van der Waals surface area contributed by atoms with Crippen molar-refractivity contribution in [2.24, 2.45) is 0 Å². The van der Waals surface area contributed by atoms with Gasteiger partial charge in [-0.05, 0) is 23.1 Å². The molecule has 4 heteroatoms. The third-order valence-corrected chi connectivity index (χ3v) is 3.05. The van der Waals surface area contributed by atoms with Gasteiger partial charge in [0.2, 0.25) is 0 Å². The molecule has 104 valence electrons. The monoisotopic (exact) mass is 270 g/mol. The van der Waals surface area contributed by atoms with Gasteiger partial charge in [0.05, 0.1) is 11.4 Å². The van der Waals surface area contributed by atoms with Crippen molar-refractivity contribution >= 4 is 12.0 Å². The largest absolute Gasteiger partial charge is 0.478 e. The number of carbonyl (C=O) groups is 1. The molecule has 1 heterocycles. The van der Waals surface area contributed by atoms with E-state index in [1.54, 1.807) is 0 Å². The number of hydrogen-bond donors (Lipinski definition) is 2. The molecule has 0 spiro atoms. The van der Waals surface area contributed by atoms with Crippen molar-refractivity contribution in [3.8, 4) is 11.3 Å². The fourth-order valence-electron chi connectivity index (χ4n) is 1.87. The Labute approximate surface area is 118 Å². The van der Waals surface area contributed by atoms with E-state index in [2.05, 4.69) is 43.1 Å². The maximum atomic E-state index is 10.5. The molecule has 20 heavy (non-hydrogen) atoms. The first-order chi connectivity index (χ1) is 9.36. The van der Waals surface area contributed by atoms with Crippen molar-refractivity contribution in [2.75, 3.05) is 0 Å². The second-order valence-corrected chi connectivity index (χ2v) is 5.71. The second kappa shape index (κ2) is 5.33. The van der Waals surface area contributed by atoms with Crippen LogP contribution in [0.3, 0.4) is 0 Å². The zero-order valence-corrected chi connectivity index (χ0v) is 11.8. The standard InChI is InChI=1S/C16H18N2O2/c1-16(2,3)12-6-4-11(5-7-12)14-10-13(17-18-14)8-9-15(19)20/h4-10H,1-3H3,(H,17,18)(H,19,20)/b9-8+. The topological polar surface area (TPSA) is 66.0 Å². The van der Waals surface area contributed by atoms with Crippen molar-refractivity contribution in [1.82, 2.24) is 10.2 Å². The summed E-state index contributed by atoms with van der Waals surface area (Å²) in [5.41, 5.74) is 3.87. The van der Waals surface area contributed by atoms with Crippen molar-refractivity contribution < 1.29 is 9.90 Å². The van der Waals surface area contributed by atoms with Crippen molar-refractivity contribution in [1.29, 1.82) is 0 Å². The van der Waals surface area contributed by atoms with Gasteiger partial charge in [-0.3, -0.25) is 5.10 Å². The Morgan fingerprint density at radius 3 is 2.45 bits per heavy atom. The summed E-state index contributed by atoms with van der Waals surface area (Å²) in [6, 6.07) is 10.1. The van der Waals surface area contributed by atoms with E-state index in [-0.39, 0.29) is 5.41 Å². The van der Waals surface area contributed by atoms with E-state index < -0.39 is 5.97 Å². The number of carboxylic acids is 1. The van der Waals surface area contributed by atoms with Gasteiger partial charge in [0.15, 0.2) is 0 Å². The first kappa shape index (κ1) is 14.1. The summed E-state index contributed by atoms with van der Waals surface area (Å²) in [6.07, 6.45) is 2.57. The molecule has 1 aromatic heterocycles. The minimum absolute atomic E-state index is 0.124. The second-order valence-electron chi connectivity index (χ2n) is 5.71. The van der Waals surface area contributed by atoms with E-state index in [9.17, 15) is 4.79 Å². The molecule has 1 aromatic carbocycles. The molecule has 0 aliphatic heterocycles.